The number of hydrogen-bond acceptors (Lipinski definition) is 1. The Kier molecular flexibility index (Phi) is 2.64. The second kappa shape index (κ2) is 4.04. The van der Waals surface area contributed by atoms with Gasteiger partial charge in [-0.05, 0) is 49.4 Å². The second-order valence-corrected chi connectivity index (χ2v) is 5.51. The van der Waals surface area contributed by atoms with Gasteiger partial charge < -0.3 is 10.7 Å². The number of halogens is 1. The summed E-state index contributed by atoms with van der Waals surface area (Å²) in [5.74, 6) is 0.645. The molecule has 1 fully saturated rings. The van der Waals surface area contributed by atoms with Crippen molar-refractivity contribution >= 4 is 22.5 Å². The summed E-state index contributed by atoms with van der Waals surface area (Å²) in [6.45, 7) is 2.10. The highest BCUT2D eigenvalue weighted by atomic mass is 35.5. The van der Waals surface area contributed by atoms with Gasteiger partial charge in [-0.3, -0.25) is 0 Å². The SMILES string of the molecule is Cc1[nH]c2ccc(Cl)cc2c1C(N)C1CCC1. The van der Waals surface area contributed by atoms with Crippen LogP contribution in [-0.2, 0) is 0 Å². The summed E-state index contributed by atoms with van der Waals surface area (Å²) in [7, 11) is 0. The molecule has 1 atom stereocenters. The number of hydrogen-bond donors (Lipinski definition) is 2. The lowest BCUT2D eigenvalue weighted by Gasteiger charge is -2.31. The van der Waals surface area contributed by atoms with Crippen LogP contribution in [0, 0.1) is 12.8 Å². The Morgan fingerprint density at radius 1 is 1.41 bits per heavy atom. The number of nitrogens with one attached hydrogen (secondary N) is 1. The van der Waals surface area contributed by atoms with Gasteiger partial charge in [0.15, 0.2) is 0 Å². The molecule has 0 radical (unpaired) electrons. The van der Waals surface area contributed by atoms with Gasteiger partial charge in [0.2, 0.25) is 0 Å². The highest BCUT2D eigenvalue weighted by molar-refractivity contribution is 6.31. The molecule has 90 valence electrons. The molecule has 2 nitrogen and oxygen atoms in total. The van der Waals surface area contributed by atoms with E-state index in [-0.39, 0.29) is 6.04 Å². The van der Waals surface area contributed by atoms with Crippen LogP contribution in [0.3, 0.4) is 0 Å². The van der Waals surface area contributed by atoms with Crippen molar-refractivity contribution in [1.29, 1.82) is 0 Å². The van der Waals surface area contributed by atoms with E-state index in [0.29, 0.717) is 5.92 Å². The first-order valence-corrected chi connectivity index (χ1v) is 6.58. The van der Waals surface area contributed by atoms with E-state index < -0.39 is 0 Å². The van der Waals surface area contributed by atoms with Crippen LogP contribution >= 0.6 is 11.6 Å². The van der Waals surface area contributed by atoms with E-state index in [2.05, 4.69) is 11.9 Å². The molecule has 0 aliphatic heterocycles. The van der Waals surface area contributed by atoms with Crippen LogP contribution < -0.4 is 5.73 Å². The van der Waals surface area contributed by atoms with Gasteiger partial charge in [-0.25, -0.2) is 0 Å². The summed E-state index contributed by atoms with van der Waals surface area (Å²) in [4.78, 5) is 3.40. The molecular weight excluding hydrogens is 232 g/mol. The van der Waals surface area contributed by atoms with E-state index in [1.807, 2.05) is 18.2 Å². The summed E-state index contributed by atoms with van der Waals surface area (Å²) in [6.07, 6.45) is 3.84. The first-order valence-electron chi connectivity index (χ1n) is 6.20. The Labute approximate surface area is 106 Å². The van der Waals surface area contributed by atoms with Crippen molar-refractivity contribution in [2.24, 2.45) is 11.7 Å². The zero-order chi connectivity index (χ0) is 12.0. The van der Waals surface area contributed by atoms with Gasteiger partial charge in [0.1, 0.15) is 0 Å². The van der Waals surface area contributed by atoms with Crippen LogP contribution in [0.25, 0.3) is 10.9 Å². The van der Waals surface area contributed by atoms with Crippen LogP contribution in [0.15, 0.2) is 18.2 Å². The van der Waals surface area contributed by atoms with Crippen LogP contribution in [0.1, 0.15) is 36.6 Å². The average molecular weight is 249 g/mol. The third kappa shape index (κ3) is 1.76. The molecule has 1 saturated carbocycles. The van der Waals surface area contributed by atoms with E-state index >= 15 is 0 Å². The molecule has 1 aromatic carbocycles. The molecule has 0 bridgehead atoms. The normalized spacial score (nSPS) is 18.3. The Hall–Kier alpha value is -0.990. The Morgan fingerprint density at radius 2 is 2.18 bits per heavy atom. The molecule has 1 aromatic heterocycles. The minimum atomic E-state index is 0.149. The van der Waals surface area contributed by atoms with Gasteiger partial charge in [-0.2, -0.15) is 0 Å². The van der Waals surface area contributed by atoms with E-state index in [9.17, 15) is 0 Å². The van der Waals surface area contributed by atoms with Crippen molar-refractivity contribution in [2.45, 2.75) is 32.2 Å². The van der Waals surface area contributed by atoms with Gasteiger partial charge >= 0.3 is 0 Å². The molecule has 1 aliphatic carbocycles. The minimum Gasteiger partial charge on any atom is -0.358 e. The van der Waals surface area contributed by atoms with Crippen LogP contribution in [0.5, 0.6) is 0 Å². The van der Waals surface area contributed by atoms with E-state index in [1.165, 1.54) is 35.9 Å². The molecule has 1 heterocycles. The van der Waals surface area contributed by atoms with Crippen molar-refractivity contribution in [2.75, 3.05) is 0 Å². The largest absolute Gasteiger partial charge is 0.358 e. The molecular formula is C14H17ClN2. The molecule has 3 heteroatoms. The Bertz CT molecular complexity index is 555. The fourth-order valence-corrected chi connectivity index (χ4v) is 2.96. The van der Waals surface area contributed by atoms with Crippen LogP contribution in [0.2, 0.25) is 5.02 Å². The summed E-state index contributed by atoms with van der Waals surface area (Å²) in [5, 5.41) is 1.97. The summed E-state index contributed by atoms with van der Waals surface area (Å²) in [6, 6.07) is 6.12. The lowest BCUT2D eigenvalue weighted by molar-refractivity contribution is 0.265. The van der Waals surface area contributed by atoms with Gasteiger partial charge in [0.25, 0.3) is 0 Å². The van der Waals surface area contributed by atoms with Gasteiger partial charge in [0.05, 0.1) is 0 Å². The smallest absolute Gasteiger partial charge is 0.0460 e. The maximum Gasteiger partial charge on any atom is 0.0460 e. The van der Waals surface area contributed by atoms with Gasteiger partial charge in [-0.15, -0.1) is 0 Å². The average Bonchev–Trinajstić information content (AvgIpc) is 2.50. The molecule has 17 heavy (non-hydrogen) atoms. The fraction of sp³-hybridized carbons (Fsp3) is 0.429. The number of rotatable bonds is 2. The van der Waals surface area contributed by atoms with E-state index in [0.717, 1.165) is 10.5 Å². The number of benzene rings is 1. The van der Waals surface area contributed by atoms with Gasteiger partial charge in [-0.1, -0.05) is 18.0 Å². The summed E-state index contributed by atoms with van der Waals surface area (Å²) in [5.41, 5.74) is 9.97. The highest BCUT2D eigenvalue weighted by Crippen LogP contribution is 2.40. The quantitative estimate of drug-likeness (QED) is 0.831. The lowest BCUT2D eigenvalue weighted by atomic mass is 9.77. The van der Waals surface area contributed by atoms with Crippen molar-refractivity contribution < 1.29 is 0 Å². The molecule has 0 amide bonds. The van der Waals surface area contributed by atoms with Gasteiger partial charge in [0, 0.05) is 27.7 Å². The highest BCUT2D eigenvalue weighted by Gasteiger charge is 2.28. The third-order valence-corrected chi connectivity index (χ3v) is 4.22. The van der Waals surface area contributed by atoms with Crippen molar-refractivity contribution in [3.8, 4) is 0 Å². The van der Waals surface area contributed by atoms with Crippen molar-refractivity contribution in [3.05, 3.63) is 34.5 Å². The lowest BCUT2D eigenvalue weighted by Crippen LogP contribution is -2.27. The fourth-order valence-electron chi connectivity index (χ4n) is 2.78. The standard InChI is InChI=1S/C14H17ClN2/c1-8-13(14(16)9-3-2-4-9)11-7-10(15)5-6-12(11)17-8/h5-7,9,14,17H,2-4,16H2,1H3. The van der Waals surface area contributed by atoms with E-state index in [4.69, 9.17) is 17.3 Å². The summed E-state index contributed by atoms with van der Waals surface area (Å²) >= 11 is 6.08. The predicted octanol–water partition coefficient (Wildman–Crippen LogP) is 3.93. The van der Waals surface area contributed by atoms with E-state index in [1.54, 1.807) is 0 Å². The number of aromatic amines is 1. The Balaban J connectivity index is 2.13. The zero-order valence-electron chi connectivity index (χ0n) is 9.96. The molecule has 0 spiro atoms. The number of H-pyrrole nitrogens is 1. The molecule has 2 aromatic rings. The first kappa shape index (κ1) is 11.1. The monoisotopic (exact) mass is 248 g/mol. The zero-order valence-corrected chi connectivity index (χ0v) is 10.7. The maximum absolute atomic E-state index is 6.40. The molecule has 1 unspecified atom stereocenters. The maximum atomic E-state index is 6.40. The minimum absolute atomic E-state index is 0.149. The molecule has 0 saturated heterocycles. The second-order valence-electron chi connectivity index (χ2n) is 5.07. The number of nitrogens with two attached hydrogens (primary N) is 1. The van der Waals surface area contributed by atoms with Crippen molar-refractivity contribution in [3.63, 3.8) is 0 Å². The topological polar surface area (TPSA) is 41.8 Å². The molecule has 3 N–H and O–H groups in total. The predicted molar refractivity (Wildman–Crippen MR) is 72.3 cm³/mol. The Morgan fingerprint density at radius 3 is 2.82 bits per heavy atom. The van der Waals surface area contributed by atoms with Crippen molar-refractivity contribution in [1.82, 2.24) is 4.98 Å². The molecule has 3 rings (SSSR count). The number of fused-ring (bicyclic) bond motifs is 1. The van der Waals surface area contributed by atoms with Crippen LogP contribution in [-0.4, -0.2) is 4.98 Å². The van der Waals surface area contributed by atoms with Crippen LogP contribution in [0.4, 0.5) is 0 Å². The third-order valence-electron chi connectivity index (χ3n) is 3.99. The summed E-state index contributed by atoms with van der Waals surface area (Å²) < 4.78 is 0. The number of aromatic nitrogens is 1. The molecule has 1 aliphatic rings. The number of aryl methyl sites for hydroxylation is 1. The first-order chi connectivity index (χ1) is 8.16.